The lowest BCUT2D eigenvalue weighted by Gasteiger charge is -2.33. The molecule has 0 bridgehead atoms. The van der Waals surface area contributed by atoms with Crippen LogP contribution in [0.3, 0.4) is 0 Å². The molecule has 27 heavy (non-hydrogen) atoms. The number of nitrogens with zero attached hydrogens (tertiary/aromatic N) is 4. The predicted octanol–water partition coefficient (Wildman–Crippen LogP) is 4.16. The van der Waals surface area contributed by atoms with E-state index in [1.165, 1.54) is 11.3 Å². The van der Waals surface area contributed by atoms with Gasteiger partial charge in [-0.15, -0.1) is 11.3 Å². The smallest absolute Gasteiger partial charge is 0.275 e. The lowest BCUT2D eigenvalue weighted by molar-refractivity contribution is -0.00310. The second-order valence-electron chi connectivity index (χ2n) is 6.16. The number of morpholine rings is 1. The van der Waals surface area contributed by atoms with Gasteiger partial charge in [0, 0.05) is 23.8 Å². The fourth-order valence-corrected chi connectivity index (χ4v) is 4.12. The zero-order valence-electron chi connectivity index (χ0n) is 14.4. The van der Waals surface area contributed by atoms with Crippen molar-refractivity contribution in [3.63, 3.8) is 0 Å². The molecule has 6 nitrogen and oxygen atoms in total. The fraction of sp³-hybridized carbons (Fsp3) is 0.278. The number of carbonyl (C=O) groups is 1. The Morgan fingerprint density at radius 2 is 2.15 bits per heavy atom. The van der Waals surface area contributed by atoms with Crippen LogP contribution >= 0.6 is 34.5 Å². The van der Waals surface area contributed by atoms with Crippen molar-refractivity contribution in [2.24, 2.45) is 0 Å². The van der Waals surface area contributed by atoms with Gasteiger partial charge in [0.15, 0.2) is 5.69 Å². The summed E-state index contributed by atoms with van der Waals surface area (Å²) in [5, 5.41) is 8.19. The molecule has 1 aliphatic heterocycles. The Bertz CT molecular complexity index is 987. The van der Waals surface area contributed by atoms with Gasteiger partial charge in [0.25, 0.3) is 5.91 Å². The average molecular weight is 423 g/mol. The van der Waals surface area contributed by atoms with E-state index < -0.39 is 0 Å². The molecule has 1 saturated heterocycles. The Hall–Kier alpha value is -1.93. The number of benzene rings is 1. The summed E-state index contributed by atoms with van der Waals surface area (Å²) in [6.45, 7) is 3.38. The van der Waals surface area contributed by atoms with Crippen LogP contribution in [0.5, 0.6) is 0 Å². The first-order valence-electron chi connectivity index (χ1n) is 8.35. The van der Waals surface area contributed by atoms with Crippen LogP contribution in [0.25, 0.3) is 5.69 Å². The van der Waals surface area contributed by atoms with Crippen molar-refractivity contribution in [3.05, 3.63) is 62.3 Å². The normalized spacial score (nSPS) is 17.3. The third kappa shape index (κ3) is 3.73. The van der Waals surface area contributed by atoms with Gasteiger partial charge in [0.2, 0.25) is 0 Å². The maximum Gasteiger partial charge on any atom is 0.275 e. The van der Waals surface area contributed by atoms with Crippen LogP contribution in [0, 0.1) is 6.92 Å². The molecule has 1 amide bonds. The molecule has 9 heteroatoms. The number of ether oxygens (including phenoxy) is 1. The molecule has 140 valence electrons. The Morgan fingerprint density at radius 3 is 2.89 bits per heavy atom. The molecule has 1 atom stereocenters. The predicted molar refractivity (Wildman–Crippen MR) is 105 cm³/mol. The van der Waals surface area contributed by atoms with Gasteiger partial charge < -0.3 is 9.64 Å². The minimum absolute atomic E-state index is 0.144. The van der Waals surface area contributed by atoms with Crippen molar-refractivity contribution in [2.75, 3.05) is 19.8 Å². The highest BCUT2D eigenvalue weighted by atomic mass is 35.5. The summed E-state index contributed by atoms with van der Waals surface area (Å²) < 4.78 is 7.19. The quantitative estimate of drug-likeness (QED) is 0.635. The van der Waals surface area contributed by atoms with Crippen LogP contribution in [-0.2, 0) is 4.74 Å². The summed E-state index contributed by atoms with van der Waals surface area (Å²) in [4.78, 5) is 19.4. The molecule has 0 saturated carbocycles. The number of halogens is 2. The van der Waals surface area contributed by atoms with Crippen molar-refractivity contribution >= 4 is 40.4 Å². The first-order chi connectivity index (χ1) is 13.0. The molecule has 1 aromatic carbocycles. The molecule has 1 fully saturated rings. The van der Waals surface area contributed by atoms with E-state index in [-0.39, 0.29) is 11.9 Å². The molecule has 0 radical (unpaired) electrons. The number of thiazole rings is 1. The summed E-state index contributed by atoms with van der Waals surface area (Å²) in [5.41, 5.74) is 2.04. The van der Waals surface area contributed by atoms with Crippen molar-refractivity contribution < 1.29 is 9.53 Å². The zero-order valence-corrected chi connectivity index (χ0v) is 16.8. The molecule has 3 aromatic rings. The van der Waals surface area contributed by atoms with Crippen LogP contribution in [-0.4, -0.2) is 45.3 Å². The number of amides is 1. The summed E-state index contributed by atoms with van der Waals surface area (Å²) in [7, 11) is 0. The zero-order chi connectivity index (χ0) is 19.0. The monoisotopic (exact) mass is 422 g/mol. The topological polar surface area (TPSA) is 60.2 Å². The van der Waals surface area contributed by atoms with Crippen LogP contribution in [0.2, 0.25) is 10.0 Å². The average Bonchev–Trinajstić information content (AvgIpc) is 3.33. The summed E-state index contributed by atoms with van der Waals surface area (Å²) in [6.07, 6.45) is 1.73. The number of aryl methyl sites for hydroxylation is 1. The van der Waals surface area contributed by atoms with Crippen molar-refractivity contribution in [2.45, 2.75) is 13.0 Å². The number of rotatable bonds is 3. The maximum absolute atomic E-state index is 13.1. The van der Waals surface area contributed by atoms with Gasteiger partial charge in [-0.1, -0.05) is 23.2 Å². The lowest BCUT2D eigenvalue weighted by Crippen LogP contribution is -2.43. The van der Waals surface area contributed by atoms with Gasteiger partial charge >= 0.3 is 0 Å². The second kappa shape index (κ2) is 7.59. The van der Waals surface area contributed by atoms with Crippen LogP contribution in [0.1, 0.15) is 27.2 Å². The summed E-state index contributed by atoms with van der Waals surface area (Å²) >= 11 is 13.6. The number of carbonyl (C=O) groups excluding carboxylic acids is 1. The molecule has 1 aliphatic rings. The molecular weight excluding hydrogens is 407 g/mol. The van der Waals surface area contributed by atoms with Gasteiger partial charge in [-0.3, -0.25) is 4.79 Å². The number of aromatic nitrogens is 3. The van der Waals surface area contributed by atoms with Crippen LogP contribution < -0.4 is 0 Å². The number of hydrogen-bond donors (Lipinski definition) is 0. The van der Waals surface area contributed by atoms with E-state index in [1.807, 2.05) is 12.3 Å². The minimum atomic E-state index is -0.194. The molecule has 3 heterocycles. The van der Waals surface area contributed by atoms with Crippen molar-refractivity contribution in [1.29, 1.82) is 0 Å². The first-order valence-corrected chi connectivity index (χ1v) is 9.98. The van der Waals surface area contributed by atoms with E-state index in [4.69, 9.17) is 27.9 Å². The van der Waals surface area contributed by atoms with E-state index in [0.29, 0.717) is 35.5 Å². The third-order valence-corrected chi connectivity index (χ3v) is 6.09. The van der Waals surface area contributed by atoms with E-state index in [0.717, 1.165) is 16.4 Å². The maximum atomic E-state index is 13.1. The molecule has 4 rings (SSSR count). The van der Waals surface area contributed by atoms with Crippen LogP contribution in [0.15, 0.2) is 35.8 Å². The van der Waals surface area contributed by atoms with E-state index >= 15 is 0 Å². The third-order valence-electron chi connectivity index (χ3n) is 4.29. The van der Waals surface area contributed by atoms with Gasteiger partial charge in [-0.05, 0) is 31.2 Å². The highest BCUT2D eigenvalue weighted by molar-refractivity contribution is 7.09. The minimum Gasteiger partial charge on any atom is -0.377 e. The molecule has 2 aromatic heterocycles. The molecular formula is C18H16Cl2N4O2S. The standard InChI is InChI=1S/C18H16Cl2N4O2S/c1-11-10-27-17(21-11)16-9-26-7-6-23(16)18(25)15-4-5-24(22-15)12-2-3-13(19)14(20)8-12/h2-5,8,10,16H,6-7,9H2,1H3. The van der Waals surface area contributed by atoms with E-state index in [1.54, 1.807) is 40.0 Å². The second-order valence-corrected chi connectivity index (χ2v) is 7.86. The fourth-order valence-electron chi connectivity index (χ4n) is 2.93. The van der Waals surface area contributed by atoms with Crippen LogP contribution in [0.4, 0.5) is 0 Å². The Morgan fingerprint density at radius 1 is 1.30 bits per heavy atom. The Balaban J connectivity index is 1.60. The highest BCUT2D eigenvalue weighted by Gasteiger charge is 2.32. The highest BCUT2D eigenvalue weighted by Crippen LogP contribution is 2.28. The summed E-state index contributed by atoms with van der Waals surface area (Å²) in [5.74, 6) is -0.144. The van der Waals surface area contributed by atoms with E-state index in [2.05, 4.69) is 10.1 Å². The first kappa shape index (κ1) is 18.4. The summed E-state index contributed by atoms with van der Waals surface area (Å²) in [6, 6.07) is 6.71. The molecule has 0 N–H and O–H groups in total. The van der Waals surface area contributed by atoms with Gasteiger partial charge in [0.05, 0.1) is 28.9 Å². The van der Waals surface area contributed by atoms with Crippen molar-refractivity contribution in [3.8, 4) is 5.69 Å². The van der Waals surface area contributed by atoms with Gasteiger partial charge in [-0.25, -0.2) is 9.67 Å². The van der Waals surface area contributed by atoms with Crippen molar-refractivity contribution in [1.82, 2.24) is 19.7 Å². The van der Waals surface area contributed by atoms with Gasteiger partial charge in [-0.2, -0.15) is 5.10 Å². The lowest BCUT2D eigenvalue weighted by atomic mass is 10.2. The molecule has 1 unspecified atom stereocenters. The largest absolute Gasteiger partial charge is 0.377 e. The molecule has 0 spiro atoms. The Kier molecular flexibility index (Phi) is 5.19. The SMILES string of the molecule is Cc1csc(C2COCCN2C(=O)c2ccn(-c3ccc(Cl)c(Cl)c3)n2)n1. The number of hydrogen-bond acceptors (Lipinski definition) is 5. The Labute approximate surface area is 170 Å². The molecule has 0 aliphatic carbocycles. The van der Waals surface area contributed by atoms with Gasteiger partial charge in [0.1, 0.15) is 11.0 Å². The van der Waals surface area contributed by atoms with E-state index in [9.17, 15) is 4.79 Å².